The number of rotatable bonds is 3. The number of methoxy groups -OCH3 is 1. The maximum atomic E-state index is 12.6. The summed E-state index contributed by atoms with van der Waals surface area (Å²) in [5, 5.41) is 2.34. The van der Waals surface area contributed by atoms with Crippen molar-refractivity contribution in [3.63, 3.8) is 0 Å². The molecule has 2 rings (SSSR count). The van der Waals surface area contributed by atoms with Crippen LogP contribution in [0.25, 0.3) is 11.3 Å². The van der Waals surface area contributed by atoms with Crippen LogP contribution in [0.4, 0.5) is 9.52 Å². The highest BCUT2D eigenvalue weighted by atomic mass is 32.1. The molecule has 0 aliphatic rings. The standard InChI is InChI=1S/C11H11FN2OS/c1-15-9-3-7(5-12)2-8(4-9)10-6-16-11(13)14-10/h2-4,6H,5H2,1H3,(H2,13,14). The zero-order chi connectivity index (χ0) is 11.5. The van der Waals surface area contributed by atoms with Crippen molar-refractivity contribution < 1.29 is 9.13 Å². The van der Waals surface area contributed by atoms with E-state index in [1.165, 1.54) is 11.3 Å². The third kappa shape index (κ3) is 2.14. The first-order chi connectivity index (χ1) is 7.72. The molecule has 0 atom stereocenters. The number of thiazole rings is 1. The summed E-state index contributed by atoms with van der Waals surface area (Å²) < 4.78 is 17.7. The van der Waals surface area contributed by atoms with Crippen molar-refractivity contribution in [2.75, 3.05) is 12.8 Å². The van der Waals surface area contributed by atoms with Gasteiger partial charge in [-0.2, -0.15) is 0 Å². The Balaban J connectivity index is 2.47. The topological polar surface area (TPSA) is 48.1 Å². The van der Waals surface area contributed by atoms with E-state index in [2.05, 4.69) is 4.98 Å². The van der Waals surface area contributed by atoms with Gasteiger partial charge in [-0.25, -0.2) is 9.37 Å². The Morgan fingerprint density at radius 1 is 1.44 bits per heavy atom. The van der Waals surface area contributed by atoms with Gasteiger partial charge in [-0.3, -0.25) is 0 Å². The minimum absolute atomic E-state index is 0.500. The lowest BCUT2D eigenvalue weighted by molar-refractivity contribution is 0.412. The monoisotopic (exact) mass is 238 g/mol. The molecule has 0 bridgehead atoms. The van der Waals surface area contributed by atoms with Gasteiger partial charge < -0.3 is 10.5 Å². The van der Waals surface area contributed by atoms with Gasteiger partial charge in [0.2, 0.25) is 0 Å². The number of benzene rings is 1. The molecule has 1 aromatic heterocycles. The molecule has 0 saturated heterocycles. The first-order valence-corrected chi connectivity index (χ1v) is 5.56. The molecule has 1 aromatic carbocycles. The third-order valence-electron chi connectivity index (χ3n) is 2.17. The van der Waals surface area contributed by atoms with Crippen molar-refractivity contribution in [2.45, 2.75) is 6.67 Å². The Morgan fingerprint density at radius 2 is 2.25 bits per heavy atom. The summed E-state index contributed by atoms with van der Waals surface area (Å²) in [6.07, 6.45) is 0. The normalized spacial score (nSPS) is 10.4. The molecule has 0 fully saturated rings. The second kappa shape index (κ2) is 4.49. The van der Waals surface area contributed by atoms with Crippen molar-refractivity contribution in [1.82, 2.24) is 4.98 Å². The van der Waals surface area contributed by atoms with Crippen molar-refractivity contribution in [2.24, 2.45) is 0 Å². The van der Waals surface area contributed by atoms with Crippen LogP contribution in [0.2, 0.25) is 0 Å². The molecule has 2 N–H and O–H groups in total. The molecule has 0 saturated carbocycles. The van der Waals surface area contributed by atoms with Gasteiger partial charge in [0.1, 0.15) is 12.4 Å². The smallest absolute Gasteiger partial charge is 0.180 e. The average molecular weight is 238 g/mol. The molecule has 0 spiro atoms. The van der Waals surface area contributed by atoms with E-state index in [4.69, 9.17) is 10.5 Å². The Bertz CT molecular complexity index is 476. The Labute approximate surface area is 96.7 Å². The largest absolute Gasteiger partial charge is 0.497 e. The van der Waals surface area contributed by atoms with E-state index >= 15 is 0 Å². The van der Waals surface area contributed by atoms with E-state index in [0.717, 1.165) is 11.3 Å². The predicted octanol–water partition coefficient (Wildman–Crippen LogP) is 2.87. The molecule has 1 heterocycles. The van der Waals surface area contributed by atoms with Gasteiger partial charge >= 0.3 is 0 Å². The van der Waals surface area contributed by atoms with Gasteiger partial charge in [0.15, 0.2) is 5.13 Å². The van der Waals surface area contributed by atoms with Gasteiger partial charge in [0.25, 0.3) is 0 Å². The first-order valence-electron chi connectivity index (χ1n) is 4.68. The van der Waals surface area contributed by atoms with Gasteiger partial charge in [0.05, 0.1) is 12.8 Å². The van der Waals surface area contributed by atoms with Crippen molar-refractivity contribution >= 4 is 16.5 Å². The lowest BCUT2D eigenvalue weighted by Crippen LogP contribution is -1.89. The summed E-state index contributed by atoms with van der Waals surface area (Å²) in [6.45, 7) is -0.524. The fourth-order valence-electron chi connectivity index (χ4n) is 1.42. The molecule has 5 heteroatoms. The van der Waals surface area contributed by atoms with Crippen LogP contribution < -0.4 is 10.5 Å². The number of aromatic nitrogens is 1. The molecule has 0 aliphatic heterocycles. The molecule has 0 amide bonds. The summed E-state index contributed by atoms with van der Waals surface area (Å²) >= 11 is 1.36. The van der Waals surface area contributed by atoms with Crippen LogP contribution >= 0.6 is 11.3 Å². The van der Waals surface area contributed by atoms with Crippen molar-refractivity contribution in [3.8, 4) is 17.0 Å². The zero-order valence-electron chi connectivity index (χ0n) is 8.74. The molecule has 3 nitrogen and oxygen atoms in total. The lowest BCUT2D eigenvalue weighted by Gasteiger charge is -2.05. The summed E-state index contributed by atoms with van der Waals surface area (Å²) in [7, 11) is 1.55. The van der Waals surface area contributed by atoms with Gasteiger partial charge in [-0.1, -0.05) is 0 Å². The number of ether oxygens (including phenoxy) is 1. The number of hydrogen-bond donors (Lipinski definition) is 1. The van der Waals surface area contributed by atoms with Crippen molar-refractivity contribution in [3.05, 3.63) is 29.1 Å². The number of halogens is 1. The molecule has 0 unspecified atom stereocenters. The first kappa shape index (κ1) is 10.9. The van der Waals surface area contributed by atoms with Crippen LogP contribution in [0.15, 0.2) is 23.6 Å². The second-order valence-corrected chi connectivity index (χ2v) is 4.16. The third-order valence-corrected chi connectivity index (χ3v) is 2.85. The number of nitrogen functional groups attached to an aromatic ring is 1. The van der Waals surface area contributed by atoms with Crippen molar-refractivity contribution in [1.29, 1.82) is 0 Å². The quantitative estimate of drug-likeness (QED) is 0.894. The Kier molecular flexibility index (Phi) is 3.05. The van der Waals surface area contributed by atoms with Crippen LogP contribution in [0.1, 0.15) is 5.56 Å². The summed E-state index contributed by atoms with van der Waals surface area (Å²) in [6, 6.07) is 5.23. The minimum Gasteiger partial charge on any atom is -0.497 e. The van der Waals surface area contributed by atoms with E-state index < -0.39 is 6.67 Å². The molecule has 0 aliphatic carbocycles. The number of nitrogens with zero attached hydrogens (tertiary/aromatic N) is 1. The molecule has 84 valence electrons. The molecule has 16 heavy (non-hydrogen) atoms. The van der Waals surface area contributed by atoms with Gasteiger partial charge in [0, 0.05) is 10.9 Å². The Morgan fingerprint density at radius 3 is 2.81 bits per heavy atom. The molecule has 2 aromatic rings. The Hall–Kier alpha value is -1.62. The molecular weight excluding hydrogens is 227 g/mol. The number of alkyl halides is 1. The second-order valence-electron chi connectivity index (χ2n) is 3.27. The summed E-state index contributed by atoms with van der Waals surface area (Å²) in [4.78, 5) is 4.15. The highest BCUT2D eigenvalue weighted by molar-refractivity contribution is 7.13. The fourth-order valence-corrected chi connectivity index (χ4v) is 2.00. The van der Waals surface area contributed by atoms with Gasteiger partial charge in [-0.05, 0) is 23.8 Å². The maximum absolute atomic E-state index is 12.6. The SMILES string of the molecule is COc1cc(CF)cc(-c2csc(N)n2)c1. The fraction of sp³-hybridized carbons (Fsp3) is 0.182. The van der Waals surface area contributed by atoms with Crippen LogP contribution in [0.3, 0.4) is 0 Å². The maximum Gasteiger partial charge on any atom is 0.180 e. The van der Waals surface area contributed by atoms with Crippen LogP contribution in [-0.2, 0) is 6.67 Å². The summed E-state index contributed by atoms with van der Waals surface area (Å²) in [5.41, 5.74) is 7.70. The minimum atomic E-state index is -0.524. The van der Waals surface area contributed by atoms with E-state index in [1.54, 1.807) is 19.2 Å². The van der Waals surface area contributed by atoms with E-state index in [0.29, 0.717) is 16.4 Å². The van der Waals surface area contributed by atoms with Gasteiger partial charge in [-0.15, -0.1) is 11.3 Å². The number of hydrogen-bond acceptors (Lipinski definition) is 4. The average Bonchev–Trinajstić information content (AvgIpc) is 2.75. The number of nitrogens with two attached hydrogens (primary N) is 1. The predicted molar refractivity (Wildman–Crippen MR) is 63.3 cm³/mol. The molecular formula is C11H11FN2OS. The zero-order valence-corrected chi connectivity index (χ0v) is 9.55. The van der Waals surface area contributed by atoms with E-state index in [1.807, 2.05) is 11.4 Å². The summed E-state index contributed by atoms with van der Waals surface area (Å²) in [5.74, 6) is 0.622. The highest BCUT2D eigenvalue weighted by Gasteiger charge is 2.06. The molecule has 0 radical (unpaired) electrons. The van der Waals surface area contributed by atoms with E-state index in [-0.39, 0.29) is 0 Å². The van der Waals surface area contributed by atoms with Crippen LogP contribution in [-0.4, -0.2) is 12.1 Å². The highest BCUT2D eigenvalue weighted by Crippen LogP contribution is 2.28. The lowest BCUT2D eigenvalue weighted by atomic mass is 10.1. The van der Waals surface area contributed by atoms with E-state index in [9.17, 15) is 4.39 Å². The number of anilines is 1. The van der Waals surface area contributed by atoms with Crippen LogP contribution in [0.5, 0.6) is 5.75 Å². The van der Waals surface area contributed by atoms with Crippen LogP contribution in [0, 0.1) is 0 Å².